The van der Waals surface area contributed by atoms with Crippen LogP contribution in [0.15, 0.2) is 29.3 Å². The van der Waals surface area contributed by atoms with Crippen molar-refractivity contribution in [2.45, 2.75) is 50.7 Å². The van der Waals surface area contributed by atoms with Gasteiger partial charge in [-0.2, -0.15) is 0 Å². The van der Waals surface area contributed by atoms with Gasteiger partial charge in [-0.25, -0.2) is 4.99 Å². The lowest BCUT2D eigenvalue weighted by Crippen LogP contribution is -2.37. The van der Waals surface area contributed by atoms with Crippen LogP contribution in [-0.4, -0.2) is 25.2 Å². The van der Waals surface area contributed by atoms with E-state index in [-0.39, 0.29) is 0 Å². The van der Waals surface area contributed by atoms with E-state index in [1.54, 1.807) is 0 Å². The lowest BCUT2D eigenvalue weighted by molar-refractivity contribution is 0.114. The summed E-state index contributed by atoms with van der Waals surface area (Å²) in [6.45, 7) is 2.27. The fourth-order valence-electron chi connectivity index (χ4n) is 2.89. The van der Waals surface area contributed by atoms with E-state index < -0.39 is 0 Å². The highest BCUT2D eigenvalue weighted by Crippen LogP contribution is 2.36. The van der Waals surface area contributed by atoms with Crippen molar-refractivity contribution in [3.63, 3.8) is 0 Å². The predicted octanol–water partition coefficient (Wildman–Crippen LogP) is 2.54. The molecule has 1 saturated heterocycles. The van der Waals surface area contributed by atoms with E-state index >= 15 is 0 Å². The molecule has 4 nitrogen and oxygen atoms in total. The second kappa shape index (κ2) is 6.94. The van der Waals surface area contributed by atoms with Gasteiger partial charge in [0.25, 0.3) is 0 Å². The van der Waals surface area contributed by atoms with Crippen molar-refractivity contribution >= 4 is 5.96 Å². The van der Waals surface area contributed by atoms with Crippen LogP contribution in [0.5, 0.6) is 0 Å². The predicted molar refractivity (Wildman–Crippen MR) is 85.3 cm³/mol. The molecule has 2 aliphatic rings. The van der Waals surface area contributed by atoms with Gasteiger partial charge in [0.1, 0.15) is 0 Å². The van der Waals surface area contributed by atoms with Crippen molar-refractivity contribution in [3.05, 3.63) is 35.4 Å². The van der Waals surface area contributed by atoms with Gasteiger partial charge in [-0.3, -0.25) is 0 Å². The molecule has 0 spiro atoms. The van der Waals surface area contributed by atoms with Gasteiger partial charge in [0.15, 0.2) is 5.96 Å². The first-order chi connectivity index (χ1) is 10.3. The van der Waals surface area contributed by atoms with Gasteiger partial charge in [0.2, 0.25) is 0 Å². The minimum absolute atomic E-state index is 0.292. The van der Waals surface area contributed by atoms with Crippen LogP contribution < -0.4 is 11.1 Å². The van der Waals surface area contributed by atoms with Gasteiger partial charge >= 0.3 is 0 Å². The molecule has 0 amide bonds. The zero-order valence-corrected chi connectivity index (χ0v) is 12.6. The standard InChI is InChI=1S/C17H25N3O/c18-17(20-12-16-5-2-10-21-16)19-11-13-6-8-15(9-7-13)14-3-1-4-14/h6-9,14,16H,1-5,10-12H2,(H3,18,19,20). The summed E-state index contributed by atoms with van der Waals surface area (Å²) in [5, 5.41) is 3.15. The van der Waals surface area contributed by atoms with E-state index in [1.165, 1.54) is 30.4 Å². The molecule has 0 bridgehead atoms. The molecule has 114 valence electrons. The lowest BCUT2D eigenvalue weighted by atomic mass is 9.80. The molecule has 1 unspecified atom stereocenters. The molecule has 0 radical (unpaired) electrons. The van der Waals surface area contributed by atoms with Crippen LogP contribution >= 0.6 is 0 Å². The van der Waals surface area contributed by atoms with Crippen molar-refractivity contribution in [3.8, 4) is 0 Å². The molecule has 1 aromatic carbocycles. The maximum absolute atomic E-state index is 5.89. The molecule has 1 heterocycles. The van der Waals surface area contributed by atoms with E-state index in [2.05, 4.69) is 34.6 Å². The van der Waals surface area contributed by atoms with Crippen LogP contribution in [0.3, 0.4) is 0 Å². The third-order valence-corrected chi connectivity index (χ3v) is 4.52. The van der Waals surface area contributed by atoms with Gasteiger partial charge in [-0.1, -0.05) is 30.7 Å². The molecule has 3 rings (SSSR count). The third kappa shape index (κ3) is 3.97. The molecular weight excluding hydrogens is 262 g/mol. The Morgan fingerprint density at radius 1 is 1.19 bits per heavy atom. The monoisotopic (exact) mass is 287 g/mol. The summed E-state index contributed by atoms with van der Waals surface area (Å²) in [6, 6.07) is 8.82. The molecule has 1 aliphatic carbocycles. The zero-order chi connectivity index (χ0) is 14.5. The van der Waals surface area contributed by atoms with Gasteiger partial charge in [-0.15, -0.1) is 0 Å². The van der Waals surface area contributed by atoms with Crippen molar-refractivity contribution in [1.82, 2.24) is 5.32 Å². The van der Waals surface area contributed by atoms with Crippen LogP contribution in [0.25, 0.3) is 0 Å². The third-order valence-electron chi connectivity index (χ3n) is 4.52. The summed E-state index contributed by atoms with van der Waals surface area (Å²) >= 11 is 0. The Labute approximate surface area is 126 Å². The minimum atomic E-state index is 0.292. The maximum atomic E-state index is 5.89. The topological polar surface area (TPSA) is 59.6 Å². The first-order valence-electron chi connectivity index (χ1n) is 8.05. The lowest BCUT2D eigenvalue weighted by Gasteiger charge is -2.25. The first-order valence-corrected chi connectivity index (χ1v) is 8.05. The number of hydrogen-bond acceptors (Lipinski definition) is 2. The zero-order valence-electron chi connectivity index (χ0n) is 12.6. The molecule has 21 heavy (non-hydrogen) atoms. The van der Waals surface area contributed by atoms with Gasteiger partial charge in [0.05, 0.1) is 12.6 Å². The Kier molecular flexibility index (Phi) is 4.76. The Hall–Kier alpha value is -1.55. The highest BCUT2D eigenvalue weighted by atomic mass is 16.5. The number of nitrogens with two attached hydrogens (primary N) is 1. The number of nitrogens with one attached hydrogen (secondary N) is 1. The second-order valence-electron chi connectivity index (χ2n) is 6.09. The highest BCUT2D eigenvalue weighted by molar-refractivity contribution is 5.77. The quantitative estimate of drug-likeness (QED) is 0.646. The van der Waals surface area contributed by atoms with Crippen molar-refractivity contribution in [1.29, 1.82) is 0 Å². The Morgan fingerprint density at radius 2 is 2.00 bits per heavy atom. The van der Waals surface area contributed by atoms with Gasteiger partial charge in [-0.05, 0) is 42.7 Å². The minimum Gasteiger partial charge on any atom is -0.376 e. The van der Waals surface area contributed by atoms with Crippen LogP contribution in [0, 0.1) is 0 Å². The SMILES string of the molecule is NC(=NCc1ccc(C2CCC2)cc1)NCC1CCCO1. The normalized spacial score (nSPS) is 23.0. The summed E-state index contributed by atoms with van der Waals surface area (Å²) < 4.78 is 5.54. The molecule has 1 atom stereocenters. The largest absolute Gasteiger partial charge is 0.376 e. The molecule has 1 saturated carbocycles. The summed E-state index contributed by atoms with van der Waals surface area (Å²) in [7, 11) is 0. The average Bonchev–Trinajstić information content (AvgIpc) is 2.96. The van der Waals surface area contributed by atoms with Crippen LogP contribution in [0.4, 0.5) is 0 Å². The summed E-state index contributed by atoms with van der Waals surface area (Å²) in [4.78, 5) is 4.39. The van der Waals surface area contributed by atoms with Crippen molar-refractivity contribution < 1.29 is 4.74 Å². The Balaban J connectivity index is 1.45. The summed E-state index contributed by atoms with van der Waals surface area (Å²) in [5.74, 6) is 1.30. The molecule has 4 heteroatoms. The summed E-state index contributed by atoms with van der Waals surface area (Å²) in [5.41, 5.74) is 8.57. The van der Waals surface area contributed by atoms with Crippen LogP contribution in [-0.2, 0) is 11.3 Å². The van der Waals surface area contributed by atoms with Gasteiger partial charge < -0.3 is 15.8 Å². The van der Waals surface area contributed by atoms with Crippen molar-refractivity contribution in [2.75, 3.05) is 13.2 Å². The van der Waals surface area contributed by atoms with E-state index in [4.69, 9.17) is 10.5 Å². The molecular formula is C17H25N3O. The van der Waals surface area contributed by atoms with Gasteiger partial charge in [0, 0.05) is 13.2 Å². The number of guanidine groups is 1. The Bertz CT molecular complexity index is 473. The average molecular weight is 287 g/mol. The second-order valence-corrected chi connectivity index (χ2v) is 6.09. The van der Waals surface area contributed by atoms with Crippen molar-refractivity contribution in [2.24, 2.45) is 10.7 Å². The number of rotatable bonds is 5. The molecule has 1 aliphatic heterocycles. The maximum Gasteiger partial charge on any atom is 0.189 e. The fourth-order valence-corrected chi connectivity index (χ4v) is 2.89. The smallest absolute Gasteiger partial charge is 0.189 e. The number of nitrogens with zero attached hydrogens (tertiary/aromatic N) is 1. The van der Waals surface area contributed by atoms with E-state index in [0.717, 1.165) is 31.9 Å². The molecule has 1 aromatic rings. The van der Waals surface area contributed by atoms with E-state index in [1.807, 2.05) is 0 Å². The molecule has 3 N–H and O–H groups in total. The van der Waals surface area contributed by atoms with Crippen LogP contribution in [0.1, 0.15) is 49.1 Å². The Morgan fingerprint density at radius 3 is 2.62 bits per heavy atom. The number of ether oxygens (including phenoxy) is 1. The number of hydrogen-bond donors (Lipinski definition) is 2. The number of aliphatic imine (C=N–C) groups is 1. The fraction of sp³-hybridized carbons (Fsp3) is 0.588. The molecule has 2 fully saturated rings. The molecule has 0 aromatic heterocycles. The number of benzene rings is 1. The summed E-state index contributed by atoms with van der Waals surface area (Å²) in [6.07, 6.45) is 6.62. The highest BCUT2D eigenvalue weighted by Gasteiger charge is 2.18. The van der Waals surface area contributed by atoms with E-state index in [0.29, 0.717) is 18.6 Å². The van der Waals surface area contributed by atoms with E-state index in [9.17, 15) is 0 Å². The first kappa shape index (κ1) is 14.4. The van der Waals surface area contributed by atoms with Crippen LogP contribution in [0.2, 0.25) is 0 Å².